The van der Waals surface area contributed by atoms with Gasteiger partial charge in [-0.3, -0.25) is 0 Å². The molecule has 0 bridgehead atoms. The highest BCUT2D eigenvalue weighted by Gasteiger charge is 2.32. The SMILES string of the molecule is CCOC(=O)C(C)(C)Oc1ccc(Cn2ncn(-c3ccc(C(F)(F)F)cc3)c2=O)cc1Cl. The summed E-state index contributed by atoms with van der Waals surface area (Å²) in [7, 11) is 0. The van der Waals surface area contributed by atoms with Crippen molar-refractivity contribution in [3.63, 3.8) is 0 Å². The molecule has 0 unspecified atom stereocenters. The van der Waals surface area contributed by atoms with E-state index in [9.17, 15) is 22.8 Å². The number of esters is 1. The standard InChI is InChI=1S/C22H21ClF3N3O4/c1-4-32-19(30)21(2,3)33-18-10-5-14(11-17(18)23)12-29-20(31)28(13-27-29)16-8-6-15(7-9-16)22(24,25)26/h5-11,13H,4,12H2,1-3H3. The van der Waals surface area contributed by atoms with Crippen LogP contribution in [-0.4, -0.2) is 32.5 Å². The summed E-state index contributed by atoms with van der Waals surface area (Å²) in [5, 5.41) is 4.25. The summed E-state index contributed by atoms with van der Waals surface area (Å²) in [5.41, 5.74) is -1.72. The summed E-state index contributed by atoms with van der Waals surface area (Å²) < 4.78 is 51.2. The second kappa shape index (κ2) is 9.30. The average molecular weight is 484 g/mol. The molecule has 0 saturated carbocycles. The van der Waals surface area contributed by atoms with Gasteiger partial charge in [-0.2, -0.15) is 18.3 Å². The number of ether oxygens (including phenoxy) is 2. The van der Waals surface area contributed by atoms with Crippen molar-refractivity contribution >= 4 is 17.6 Å². The minimum absolute atomic E-state index is 0.0632. The third-order valence-corrected chi connectivity index (χ3v) is 4.96. The zero-order chi connectivity index (χ0) is 24.4. The van der Waals surface area contributed by atoms with Crippen molar-refractivity contribution in [2.45, 2.75) is 39.1 Å². The van der Waals surface area contributed by atoms with Gasteiger partial charge < -0.3 is 9.47 Å². The first kappa shape index (κ1) is 24.4. The van der Waals surface area contributed by atoms with Crippen LogP contribution in [0.2, 0.25) is 5.02 Å². The Morgan fingerprint density at radius 1 is 1.12 bits per heavy atom. The molecule has 1 aromatic heterocycles. The molecule has 0 aliphatic carbocycles. The number of rotatable bonds is 7. The van der Waals surface area contributed by atoms with Crippen LogP contribution in [0.3, 0.4) is 0 Å². The van der Waals surface area contributed by atoms with Gasteiger partial charge in [-0.25, -0.2) is 18.8 Å². The number of hydrogen-bond donors (Lipinski definition) is 0. The van der Waals surface area contributed by atoms with Crippen LogP contribution in [0.1, 0.15) is 31.9 Å². The number of aromatic nitrogens is 3. The van der Waals surface area contributed by atoms with Crippen molar-refractivity contribution < 1.29 is 27.4 Å². The highest BCUT2D eigenvalue weighted by molar-refractivity contribution is 6.32. The topological polar surface area (TPSA) is 75.3 Å². The third-order valence-electron chi connectivity index (χ3n) is 4.67. The largest absolute Gasteiger partial charge is 0.475 e. The first-order valence-electron chi connectivity index (χ1n) is 9.89. The van der Waals surface area contributed by atoms with E-state index in [-0.39, 0.29) is 29.6 Å². The van der Waals surface area contributed by atoms with Gasteiger partial charge in [0.2, 0.25) is 0 Å². The molecule has 0 spiro atoms. The van der Waals surface area contributed by atoms with Gasteiger partial charge >= 0.3 is 17.8 Å². The lowest BCUT2D eigenvalue weighted by Gasteiger charge is -2.24. The maximum Gasteiger partial charge on any atom is 0.416 e. The van der Waals surface area contributed by atoms with E-state index in [1.54, 1.807) is 39.0 Å². The minimum atomic E-state index is -4.46. The van der Waals surface area contributed by atoms with Crippen LogP contribution in [-0.2, 0) is 22.3 Å². The monoisotopic (exact) mass is 483 g/mol. The summed E-state index contributed by atoms with van der Waals surface area (Å²) in [4.78, 5) is 24.7. The summed E-state index contributed by atoms with van der Waals surface area (Å²) in [5.74, 6) is -0.272. The van der Waals surface area contributed by atoms with E-state index in [1.165, 1.54) is 18.5 Å². The lowest BCUT2D eigenvalue weighted by Crippen LogP contribution is -2.39. The smallest absolute Gasteiger partial charge is 0.416 e. The molecular weight excluding hydrogens is 463 g/mol. The average Bonchev–Trinajstić information content (AvgIpc) is 3.10. The Bertz CT molecular complexity index is 1200. The lowest BCUT2D eigenvalue weighted by atomic mass is 10.1. The molecule has 0 amide bonds. The Labute approximate surface area is 192 Å². The second-order valence-corrected chi connectivity index (χ2v) is 7.99. The van der Waals surface area contributed by atoms with E-state index in [1.807, 2.05) is 0 Å². The molecule has 0 fully saturated rings. The molecule has 11 heteroatoms. The molecule has 0 aliphatic heterocycles. The quantitative estimate of drug-likeness (QED) is 0.463. The Morgan fingerprint density at radius 2 is 1.79 bits per heavy atom. The molecule has 33 heavy (non-hydrogen) atoms. The molecule has 0 N–H and O–H groups in total. The summed E-state index contributed by atoms with van der Waals surface area (Å²) in [6, 6.07) is 8.99. The molecule has 3 aromatic rings. The second-order valence-electron chi connectivity index (χ2n) is 7.58. The van der Waals surface area contributed by atoms with Crippen LogP contribution in [0.15, 0.2) is 53.6 Å². The van der Waals surface area contributed by atoms with E-state index in [0.29, 0.717) is 5.56 Å². The van der Waals surface area contributed by atoms with Gasteiger partial charge in [-0.05, 0) is 62.7 Å². The van der Waals surface area contributed by atoms with Gasteiger partial charge in [-0.1, -0.05) is 17.7 Å². The van der Waals surface area contributed by atoms with Gasteiger partial charge in [0.15, 0.2) is 5.60 Å². The number of hydrogen-bond acceptors (Lipinski definition) is 5. The first-order valence-corrected chi connectivity index (χ1v) is 10.3. The van der Waals surface area contributed by atoms with Crippen molar-refractivity contribution in [2.24, 2.45) is 0 Å². The van der Waals surface area contributed by atoms with E-state index >= 15 is 0 Å². The van der Waals surface area contributed by atoms with Crippen molar-refractivity contribution in [3.8, 4) is 11.4 Å². The molecule has 176 valence electrons. The number of benzene rings is 2. The maximum absolute atomic E-state index is 12.7. The van der Waals surface area contributed by atoms with Crippen LogP contribution in [0, 0.1) is 0 Å². The zero-order valence-electron chi connectivity index (χ0n) is 18.0. The number of halogens is 4. The number of carbonyl (C=O) groups excluding carboxylic acids is 1. The Hall–Kier alpha value is -3.27. The molecule has 1 heterocycles. The van der Waals surface area contributed by atoms with Gasteiger partial charge in [0, 0.05) is 0 Å². The highest BCUT2D eigenvalue weighted by atomic mass is 35.5. The van der Waals surface area contributed by atoms with Crippen LogP contribution >= 0.6 is 11.6 Å². The number of carbonyl (C=O) groups is 1. The number of alkyl halides is 3. The van der Waals surface area contributed by atoms with E-state index in [2.05, 4.69) is 5.10 Å². The number of nitrogens with zero attached hydrogens (tertiary/aromatic N) is 3. The fourth-order valence-corrected chi connectivity index (χ4v) is 3.20. The third kappa shape index (κ3) is 5.57. The van der Waals surface area contributed by atoms with Gasteiger partial charge in [0.1, 0.15) is 12.1 Å². The fraction of sp³-hybridized carbons (Fsp3) is 0.318. The molecule has 0 atom stereocenters. The zero-order valence-corrected chi connectivity index (χ0v) is 18.8. The fourth-order valence-electron chi connectivity index (χ4n) is 2.95. The van der Waals surface area contributed by atoms with Crippen molar-refractivity contribution in [1.29, 1.82) is 0 Å². The van der Waals surface area contributed by atoms with Crippen LogP contribution in [0.4, 0.5) is 13.2 Å². The van der Waals surface area contributed by atoms with Crippen LogP contribution in [0.5, 0.6) is 5.75 Å². The molecule has 7 nitrogen and oxygen atoms in total. The molecular formula is C22H21ClF3N3O4. The molecule has 3 rings (SSSR count). The minimum Gasteiger partial charge on any atom is -0.475 e. The molecule has 2 aromatic carbocycles. The Morgan fingerprint density at radius 3 is 2.36 bits per heavy atom. The van der Waals surface area contributed by atoms with E-state index in [0.717, 1.165) is 21.4 Å². The predicted octanol–water partition coefficient (Wildman–Crippen LogP) is 4.48. The predicted molar refractivity (Wildman–Crippen MR) is 115 cm³/mol. The highest BCUT2D eigenvalue weighted by Crippen LogP contribution is 2.30. The lowest BCUT2D eigenvalue weighted by molar-refractivity contribution is -0.158. The maximum atomic E-state index is 12.7. The van der Waals surface area contributed by atoms with E-state index < -0.39 is 29.0 Å². The van der Waals surface area contributed by atoms with Gasteiger partial charge in [0.25, 0.3) is 0 Å². The first-order chi connectivity index (χ1) is 15.4. The van der Waals surface area contributed by atoms with Gasteiger partial charge in [0.05, 0.1) is 29.4 Å². The van der Waals surface area contributed by atoms with E-state index in [4.69, 9.17) is 21.1 Å². The molecule has 0 aliphatic rings. The van der Waals surface area contributed by atoms with Gasteiger partial charge in [-0.15, -0.1) is 0 Å². The van der Waals surface area contributed by atoms with Crippen molar-refractivity contribution in [2.75, 3.05) is 6.61 Å². The summed E-state index contributed by atoms with van der Waals surface area (Å²) >= 11 is 6.29. The van der Waals surface area contributed by atoms with Crippen molar-refractivity contribution in [1.82, 2.24) is 14.3 Å². The van der Waals surface area contributed by atoms with Crippen LogP contribution in [0.25, 0.3) is 5.69 Å². The molecule has 0 radical (unpaired) electrons. The van der Waals surface area contributed by atoms with Crippen molar-refractivity contribution in [3.05, 3.63) is 75.4 Å². The molecule has 0 saturated heterocycles. The Kier molecular flexibility index (Phi) is 6.87. The van der Waals surface area contributed by atoms with Crippen LogP contribution < -0.4 is 10.4 Å². The summed E-state index contributed by atoms with van der Waals surface area (Å²) in [6.45, 7) is 5.09. The Balaban J connectivity index is 1.77. The normalized spacial score (nSPS) is 12.0. The summed E-state index contributed by atoms with van der Waals surface area (Å²) in [6.07, 6.45) is -3.24.